The standard InChI is InChI=1S/C13H15BrN2OS/c1-2-12(9-4-3-5-10(14)6-9)15-7-11-8-18-13(17)16-11/h3-6,8,12,15H,2,7H2,1H3,(H,16,17). The number of nitrogens with one attached hydrogen (secondary N) is 2. The Morgan fingerprint density at radius 3 is 2.94 bits per heavy atom. The number of H-pyrrole nitrogens is 1. The summed E-state index contributed by atoms with van der Waals surface area (Å²) in [7, 11) is 0. The topological polar surface area (TPSA) is 44.9 Å². The van der Waals surface area contributed by atoms with E-state index in [0.29, 0.717) is 12.6 Å². The number of hydrogen-bond donors (Lipinski definition) is 2. The van der Waals surface area contributed by atoms with Crippen molar-refractivity contribution < 1.29 is 0 Å². The van der Waals surface area contributed by atoms with Crippen LogP contribution in [-0.2, 0) is 6.54 Å². The molecule has 0 radical (unpaired) electrons. The Hall–Kier alpha value is -0.910. The molecule has 1 heterocycles. The molecule has 5 heteroatoms. The molecule has 1 aromatic carbocycles. The molecule has 1 aromatic heterocycles. The molecule has 1 atom stereocenters. The second-order valence-corrected chi connectivity index (χ2v) is 5.83. The third kappa shape index (κ3) is 3.54. The molecule has 0 aliphatic heterocycles. The molecular weight excluding hydrogens is 312 g/mol. The molecule has 2 aromatic rings. The van der Waals surface area contributed by atoms with Gasteiger partial charge in [0.05, 0.1) is 0 Å². The van der Waals surface area contributed by atoms with Crippen molar-refractivity contribution in [2.45, 2.75) is 25.9 Å². The molecule has 1 unspecified atom stereocenters. The molecule has 18 heavy (non-hydrogen) atoms. The molecule has 0 spiro atoms. The number of benzene rings is 1. The molecule has 0 saturated heterocycles. The van der Waals surface area contributed by atoms with E-state index < -0.39 is 0 Å². The van der Waals surface area contributed by atoms with Gasteiger partial charge in [-0.2, -0.15) is 0 Å². The fourth-order valence-electron chi connectivity index (χ4n) is 1.85. The SMILES string of the molecule is CCC(NCc1csc(=O)[nH]1)c1cccc(Br)c1. The summed E-state index contributed by atoms with van der Waals surface area (Å²) in [5.74, 6) is 0. The first-order valence-electron chi connectivity index (χ1n) is 5.84. The maximum atomic E-state index is 11.0. The van der Waals surface area contributed by atoms with Crippen molar-refractivity contribution in [2.24, 2.45) is 0 Å². The van der Waals surface area contributed by atoms with Crippen molar-refractivity contribution in [2.75, 3.05) is 0 Å². The van der Waals surface area contributed by atoms with Gasteiger partial charge in [0, 0.05) is 28.1 Å². The van der Waals surface area contributed by atoms with Crippen LogP contribution < -0.4 is 10.2 Å². The smallest absolute Gasteiger partial charge is 0.304 e. The molecule has 96 valence electrons. The number of rotatable bonds is 5. The highest BCUT2D eigenvalue weighted by molar-refractivity contribution is 9.10. The lowest BCUT2D eigenvalue weighted by Crippen LogP contribution is -2.20. The molecule has 0 aliphatic rings. The molecule has 0 amide bonds. The molecule has 0 aliphatic carbocycles. The molecular formula is C13H15BrN2OS. The highest BCUT2D eigenvalue weighted by Gasteiger charge is 2.09. The van der Waals surface area contributed by atoms with Crippen LogP contribution in [0, 0.1) is 0 Å². The Balaban J connectivity index is 2.03. The Morgan fingerprint density at radius 1 is 1.50 bits per heavy atom. The fourth-order valence-corrected chi connectivity index (χ4v) is 2.85. The molecule has 0 saturated carbocycles. The van der Waals surface area contributed by atoms with Crippen LogP contribution in [0.5, 0.6) is 0 Å². The van der Waals surface area contributed by atoms with Gasteiger partial charge in [0.1, 0.15) is 0 Å². The Bertz CT molecular complexity index is 564. The maximum absolute atomic E-state index is 11.0. The molecule has 0 bridgehead atoms. The predicted molar refractivity (Wildman–Crippen MR) is 79.0 cm³/mol. The summed E-state index contributed by atoms with van der Waals surface area (Å²) in [6.07, 6.45) is 1.00. The van der Waals surface area contributed by atoms with Gasteiger partial charge in [-0.1, -0.05) is 46.3 Å². The summed E-state index contributed by atoms with van der Waals surface area (Å²) in [6, 6.07) is 8.59. The Labute approximate surface area is 118 Å². The van der Waals surface area contributed by atoms with Crippen LogP contribution in [0.4, 0.5) is 0 Å². The summed E-state index contributed by atoms with van der Waals surface area (Å²) in [5, 5.41) is 5.32. The number of aromatic nitrogens is 1. The van der Waals surface area contributed by atoms with Crippen LogP contribution in [0.2, 0.25) is 0 Å². The lowest BCUT2D eigenvalue weighted by molar-refractivity contribution is 0.515. The van der Waals surface area contributed by atoms with Crippen molar-refractivity contribution in [1.29, 1.82) is 0 Å². The van der Waals surface area contributed by atoms with Gasteiger partial charge in [-0.25, -0.2) is 0 Å². The van der Waals surface area contributed by atoms with Gasteiger partial charge in [0.2, 0.25) is 0 Å². The van der Waals surface area contributed by atoms with Crippen molar-refractivity contribution in [3.05, 3.63) is 55.0 Å². The van der Waals surface area contributed by atoms with Crippen LogP contribution in [0.15, 0.2) is 38.9 Å². The fraction of sp³-hybridized carbons (Fsp3) is 0.308. The minimum atomic E-state index is 0.00213. The zero-order valence-corrected chi connectivity index (χ0v) is 12.5. The molecule has 2 rings (SSSR count). The van der Waals surface area contributed by atoms with Crippen molar-refractivity contribution in [1.82, 2.24) is 10.3 Å². The first-order valence-corrected chi connectivity index (χ1v) is 7.52. The van der Waals surface area contributed by atoms with Gasteiger partial charge in [-0.05, 0) is 24.1 Å². The third-order valence-corrected chi connectivity index (χ3v) is 3.98. The van der Waals surface area contributed by atoms with Crippen LogP contribution in [-0.4, -0.2) is 4.98 Å². The van der Waals surface area contributed by atoms with E-state index in [4.69, 9.17) is 0 Å². The number of thiazole rings is 1. The van der Waals surface area contributed by atoms with E-state index in [1.807, 2.05) is 17.5 Å². The average molecular weight is 327 g/mol. The van der Waals surface area contributed by atoms with Gasteiger partial charge in [0.15, 0.2) is 0 Å². The predicted octanol–water partition coefficient (Wildman–Crippen LogP) is 3.44. The Kier molecular flexibility index (Phi) is 4.74. The molecule has 2 N–H and O–H groups in total. The van der Waals surface area contributed by atoms with Crippen molar-refractivity contribution >= 4 is 27.3 Å². The van der Waals surface area contributed by atoms with E-state index in [-0.39, 0.29) is 4.87 Å². The molecule has 3 nitrogen and oxygen atoms in total. The van der Waals surface area contributed by atoms with Crippen molar-refractivity contribution in [3.63, 3.8) is 0 Å². The minimum Gasteiger partial charge on any atom is -0.315 e. The summed E-state index contributed by atoms with van der Waals surface area (Å²) < 4.78 is 1.09. The van der Waals surface area contributed by atoms with Crippen LogP contribution in [0.3, 0.4) is 0 Å². The third-order valence-electron chi connectivity index (χ3n) is 2.77. The van der Waals surface area contributed by atoms with E-state index in [2.05, 4.69) is 45.3 Å². The second kappa shape index (κ2) is 6.31. The van der Waals surface area contributed by atoms with Gasteiger partial charge in [0.25, 0.3) is 0 Å². The first-order chi connectivity index (χ1) is 8.69. The van der Waals surface area contributed by atoms with Gasteiger partial charge in [-0.3, -0.25) is 4.79 Å². The van der Waals surface area contributed by atoms with E-state index in [1.54, 1.807) is 0 Å². The van der Waals surface area contributed by atoms with Gasteiger partial charge >= 0.3 is 4.87 Å². The van der Waals surface area contributed by atoms with Crippen LogP contribution in [0.25, 0.3) is 0 Å². The quantitative estimate of drug-likeness (QED) is 0.884. The number of hydrogen-bond acceptors (Lipinski definition) is 3. The van der Waals surface area contributed by atoms with E-state index in [1.165, 1.54) is 16.9 Å². The summed E-state index contributed by atoms with van der Waals surface area (Å²) in [6.45, 7) is 2.83. The molecule has 0 fully saturated rings. The maximum Gasteiger partial charge on any atom is 0.304 e. The van der Waals surface area contributed by atoms with E-state index >= 15 is 0 Å². The highest BCUT2D eigenvalue weighted by Crippen LogP contribution is 2.20. The summed E-state index contributed by atoms with van der Waals surface area (Å²) in [4.78, 5) is 13.9. The second-order valence-electron chi connectivity index (χ2n) is 4.07. The van der Waals surface area contributed by atoms with E-state index in [0.717, 1.165) is 16.6 Å². The number of aromatic amines is 1. The zero-order chi connectivity index (χ0) is 13.0. The van der Waals surface area contributed by atoms with E-state index in [9.17, 15) is 4.79 Å². The minimum absolute atomic E-state index is 0.00213. The lowest BCUT2D eigenvalue weighted by Gasteiger charge is -2.17. The van der Waals surface area contributed by atoms with Crippen molar-refractivity contribution in [3.8, 4) is 0 Å². The monoisotopic (exact) mass is 326 g/mol. The lowest BCUT2D eigenvalue weighted by atomic mass is 10.0. The van der Waals surface area contributed by atoms with Crippen LogP contribution >= 0.6 is 27.3 Å². The highest BCUT2D eigenvalue weighted by atomic mass is 79.9. The number of halogens is 1. The summed E-state index contributed by atoms with van der Waals surface area (Å²) >= 11 is 4.69. The van der Waals surface area contributed by atoms with Crippen LogP contribution in [0.1, 0.15) is 30.6 Å². The largest absolute Gasteiger partial charge is 0.315 e. The Morgan fingerprint density at radius 2 is 2.33 bits per heavy atom. The normalized spacial score (nSPS) is 12.6. The van der Waals surface area contributed by atoms with Gasteiger partial charge in [-0.15, -0.1) is 0 Å². The zero-order valence-electron chi connectivity index (χ0n) is 10.1. The average Bonchev–Trinajstić information content (AvgIpc) is 2.76. The first kappa shape index (κ1) is 13.5. The van der Waals surface area contributed by atoms with Gasteiger partial charge < -0.3 is 10.3 Å². The summed E-state index contributed by atoms with van der Waals surface area (Å²) in [5.41, 5.74) is 2.20.